The molecule has 1 amide bonds. The van der Waals surface area contributed by atoms with Gasteiger partial charge in [-0.1, -0.05) is 60.5 Å². The number of nitrogens with zero attached hydrogens (tertiary/aromatic N) is 1. The minimum atomic E-state index is -3.53. The van der Waals surface area contributed by atoms with Gasteiger partial charge in [0.15, 0.2) is 0 Å². The van der Waals surface area contributed by atoms with Crippen molar-refractivity contribution in [1.29, 1.82) is 0 Å². The fraction of sp³-hybridized carbons (Fsp3) is 0.350. The molecule has 0 spiro atoms. The predicted octanol–water partition coefficient (Wildman–Crippen LogP) is 4.46. The van der Waals surface area contributed by atoms with Crippen LogP contribution in [-0.2, 0) is 14.8 Å². The zero-order valence-corrected chi connectivity index (χ0v) is 18.2. The quantitative estimate of drug-likeness (QED) is 0.623. The van der Waals surface area contributed by atoms with Crippen molar-refractivity contribution in [2.45, 2.75) is 25.7 Å². The standard InChI is InChI=1S/C20H24Cl2N2O3S/c1-15(16-7-4-3-5-8-16)14-23-20(25)9-6-10-24(28(2,26)27)19-12-17(21)11-18(22)13-19/h3-5,7-8,11-13,15H,6,9-10,14H2,1-2H3,(H,23,25)/t15-/m1/s1. The number of hydrogen-bond acceptors (Lipinski definition) is 3. The van der Waals surface area contributed by atoms with E-state index in [4.69, 9.17) is 23.2 Å². The number of amides is 1. The van der Waals surface area contributed by atoms with E-state index in [1.165, 1.54) is 22.5 Å². The molecular weight excluding hydrogens is 419 g/mol. The summed E-state index contributed by atoms with van der Waals surface area (Å²) in [6.45, 7) is 2.74. The summed E-state index contributed by atoms with van der Waals surface area (Å²) in [7, 11) is -3.53. The number of carbonyl (C=O) groups excluding carboxylic acids is 1. The third kappa shape index (κ3) is 7.00. The van der Waals surface area contributed by atoms with Gasteiger partial charge < -0.3 is 5.32 Å². The van der Waals surface area contributed by atoms with Crippen molar-refractivity contribution in [2.75, 3.05) is 23.7 Å². The summed E-state index contributed by atoms with van der Waals surface area (Å²) in [5, 5.41) is 3.60. The van der Waals surface area contributed by atoms with E-state index in [-0.39, 0.29) is 24.8 Å². The van der Waals surface area contributed by atoms with E-state index in [2.05, 4.69) is 5.32 Å². The number of sulfonamides is 1. The number of anilines is 1. The molecule has 0 unspecified atom stereocenters. The number of halogens is 2. The second kappa shape index (κ2) is 10.1. The molecule has 0 aliphatic rings. The van der Waals surface area contributed by atoms with Gasteiger partial charge in [0.2, 0.25) is 15.9 Å². The van der Waals surface area contributed by atoms with Gasteiger partial charge in [0, 0.05) is 29.6 Å². The number of hydrogen-bond donors (Lipinski definition) is 1. The summed E-state index contributed by atoms with van der Waals surface area (Å²) < 4.78 is 25.5. The van der Waals surface area contributed by atoms with Crippen LogP contribution in [0.4, 0.5) is 5.69 Å². The van der Waals surface area contributed by atoms with Crippen LogP contribution in [0, 0.1) is 0 Å². The van der Waals surface area contributed by atoms with Gasteiger partial charge >= 0.3 is 0 Å². The first-order valence-corrected chi connectivity index (χ1v) is 11.5. The van der Waals surface area contributed by atoms with Crippen LogP contribution in [0.3, 0.4) is 0 Å². The fourth-order valence-corrected chi connectivity index (χ4v) is 4.27. The molecule has 1 N–H and O–H groups in total. The van der Waals surface area contributed by atoms with Crippen molar-refractivity contribution in [3.05, 3.63) is 64.1 Å². The fourth-order valence-electron chi connectivity index (χ4n) is 2.81. The summed E-state index contributed by atoms with van der Waals surface area (Å²) >= 11 is 12.0. The molecule has 28 heavy (non-hydrogen) atoms. The molecule has 152 valence electrons. The smallest absolute Gasteiger partial charge is 0.232 e. The maximum absolute atomic E-state index is 12.1. The zero-order chi connectivity index (χ0) is 20.7. The first-order valence-electron chi connectivity index (χ1n) is 8.92. The summed E-state index contributed by atoms with van der Waals surface area (Å²) in [4.78, 5) is 12.1. The molecule has 0 heterocycles. The second-order valence-corrected chi connectivity index (χ2v) is 9.46. The summed E-state index contributed by atoms with van der Waals surface area (Å²) in [6.07, 6.45) is 1.72. The molecule has 0 aliphatic heterocycles. The van der Waals surface area contributed by atoms with Gasteiger partial charge in [-0.2, -0.15) is 0 Å². The van der Waals surface area contributed by atoms with E-state index in [1.807, 2.05) is 37.3 Å². The molecular formula is C20H24Cl2N2O3S. The monoisotopic (exact) mass is 442 g/mol. The highest BCUT2D eigenvalue weighted by Gasteiger charge is 2.19. The van der Waals surface area contributed by atoms with Crippen molar-refractivity contribution in [3.8, 4) is 0 Å². The van der Waals surface area contributed by atoms with Crippen molar-refractivity contribution in [2.24, 2.45) is 0 Å². The van der Waals surface area contributed by atoms with Gasteiger partial charge in [-0.15, -0.1) is 0 Å². The molecule has 0 bridgehead atoms. The number of benzene rings is 2. The minimum absolute atomic E-state index is 0.111. The lowest BCUT2D eigenvalue weighted by Crippen LogP contribution is -2.32. The normalized spacial score (nSPS) is 12.4. The lowest BCUT2D eigenvalue weighted by atomic mass is 10.0. The van der Waals surface area contributed by atoms with Crippen molar-refractivity contribution in [3.63, 3.8) is 0 Å². The van der Waals surface area contributed by atoms with E-state index in [0.29, 0.717) is 28.7 Å². The van der Waals surface area contributed by atoms with E-state index in [1.54, 1.807) is 0 Å². The van der Waals surface area contributed by atoms with Crippen LogP contribution in [-0.4, -0.2) is 33.7 Å². The average Bonchev–Trinajstić information content (AvgIpc) is 2.62. The van der Waals surface area contributed by atoms with Gasteiger partial charge in [-0.25, -0.2) is 8.42 Å². The van der Waals surface area contributed by atoms with E-state index >= 15 is 0 Å². The highest BCUT2D eigenvalue weighted by molar-refractivity contribution is 7.92. The SMILES string of the molecule is C[C@H](CNC(=O)CCCN(c1cc(Cl)cc(Cl)c1)S(C)(=O)=O)c1ccccc1. The Morgan fingerprint density at radius 3 is 2.29 bits per heavy atom. The summed E-state index contributed by atoms with van der Waals surface area (Å²) in [5.74, 6) is 0.0895. The molecule has 8 heteroatoms. The Balaban J connectivity index is 1.89. The molecule has 0 radical (unpaired) electrons. The Morgan fingerprint density at radius 2 is 1.71 bits per heavy atom. The molecule has 5 nitrogen and oxygen atoms in total. The topological polar surface area (TPSA) is 66.5 Å². The predicted molar refractivity (Wildman–Crippen MR) is 116 cm³/mol. The van der Waals surface area contributed by atoms with Crippen molar-refractivity contribution in [1.82, 2.24) is 5.32 Å². The molecule has 0 saturated heterocycles. The molecule has 0 aliphatic carbocycles. The van der Waals surface area contributed by atoms with E-state index in [9.17, 15) is 13.2 Å². The molecule has 1 atom stereocenters. The Bertz CT molecular complexity index is 885. The summed E-state index contributed by atoms with van der Waals surface area (Å²) in [5.41, 5.74) is 1.54. The van der Waals surface area contributed by atoms with E-state index < -0.39 is 10.0 Å². The first-order chi connectivity index (χ1) is 13.2. The Morgan fingerprint density at radius 1 is 1.11 bits per heavy atom. The largest absolute Gasteiger partial charge is 0.356 e. The summed E-state index contributed by atoms with van der Waals surface area (Å²) in [6, 6.07) is 14.6. The highest BCUT2D eigenvalue weighted by atomic mass is 35.5. The van der Waals surface area contributed by atoms with Crippen LogP contribution in [0.2, 0.25) is 10.0 Å². The Hall–Kier alpha value is -1.76. The second-order valence-electron chi connectivity index (χ2n) is 6.68. The lowest BCUT2D eigenvalue weighted by molar-refractivity contribution is -0.121. The molecule has 2 rings (SSSR count). The number of carbonyl (C=O) groups is 1. The van der Waals surface area contributed by atoms with Crippen LogP contribution in [0.15, 0.2) is 48.5 Å². The number of rotatable bonds is 9. The third-order valence-electron chi connectivity index (χ3n) is 4.27. The van der Waals surface area contributed by atoms with Crippen molar-refractivity contribution >= 4 is 44.8 Å². The molecule has 0 saturated carbocycles. The maximum Gasteiger partial charge on any atom is 0.232 e. The van der Waals surface area contributed by atoms with Gasteiger partial charge in [0.05, 0.1) is 11.9 Å². The average molecular weight is 443 g/mol. The Kier molecular flexibility index (Phi) is 8.16. The van der Waals surface area contributed by atoms with Crippen LogP contribution in [0.25, 0.3) is 0 Å². The first kappa shape index (κ1) is 22.5. The van der Waals surface area contributed by atoms with Crippen LogP contribution in [0.1, 0.15) is 31.2 Å². The molecule has 2 aromatic rings. The molecule has 0 aromatic heterocycles. The van der Waals surface area contributed by atoms with Crippen molar-refractivity contribution < 1.29 is 13.2 Å². The zero-order valence-electron chi connectivity index (χ0n) is 15.9. The lowest BCUT2D eigenvalue weighted by Gasteiger charge is -2.23. The maximum atomic E-state index is 12.1. The van der Waals surface area contributed by atoms with Gasteiger partial charge in [0.25, 0.3) is 0 Å². The Labute approximate surface area is 176 Å². The third-order valence-corrected chi connectivity index (χ3v) is 5.91. The molecule has 2 aromatic carbocycles. The van der Waals surface area contributed by atoms with Gasteiger partial charge in [-0.05, 0) is 36.1 Å². The highest BCUT2D eigenvalue weighted by Crippen LogP contribution is 2.27. The van der Waals surface area contributed by atoms with Crippen LogP contribution in [0.5, 0.6) is 0 Å². The van der Waals surface area contributed by atoms with Crippen LogP contribution >= 0.6 is 23.2 Å². The van der Waals surface area contributed by atoms with Gasteiger partial charge in [0.1, 0.15) is 0 Å². The van der Waals surface area contributed by atoms with Crippen LogP contribution < -0.4 is 9.62 Å². The van der Waals surface area contributed by atoms with E-state index in [0.717, 1.165) is 11.8 Å². The van der Waals surface area contributed by atoms with Gasteiger partial charge in [-0.3, -0.25) is 9.10 Å². The minimum Gasteiger partial charge on any atom is -0.356 e. The molecule has 0 fully saturated rings. The number of nitrogens with one attached hydrogen (secondary N) is 1.